The highest BCUT2D eigenvalue weighted by molar-refractivity contribution is 7.89. The number of piperazine rings is 1. The Morgan fingerprint density at radius 1 is 1.03 bits per heavy atom. The third-order valence-corrected chi connectivity index (χ3v) is 7.50. The summed E-state index contributed by atoms with van der Waals surface area (Å²) in [6, 6.07) is 15.9. The molecule has 4 rings (SSSR count). The van der Waals surface area contributed by atoms with Crippen LogP contribution < -0.4 is 0 Å². The van der Waals surface area contributed by atoms with Crippen molar-refractivity contribution in [1.82, 2.24) is 14.2 Å². The van der Waals surface area contributed by atoms with E-state index in [2.05, 4.69) is 4.98 Å². The molecule has 1 aromatic heterocycles. The molecule has 0 N–H and O–H groups in total. The van der Waals surface area contributed by atoms with E-state index in [0.29, 0.717) is 11.3 Å². The summed E-state index contributed by atoms with van der Waals surface area (Å²) in [6.07, 6.45) is 0. The maximum Gasteiger partial charge on any atom is 0.255 e. The first kappa shape index (κ1) is 21.0. The molecule has 3 aromatic rings. The summed E-state index contributed by atoms with van der Waals surface area (Å²) in [7, 11) is -3.80. The van der Waals surface area contributed by atoms with Gasteiger partial charge in [0.05, 0.1) is 27.2 Å². The Bertz CT molecular complexity index is 1320. The number of aromatic nitrogens is 1. The van der Waals surface area contributed by atoms with Gasteiger partial charge in [-0.15, -0.1) is 0 Å². The minimum absolute atomic E-state index is 0.00206. The van der Waals surface area contributed by atoms with Gasteiger partial charge in [-0.1, -0.05) is 23.8 Å². The molecule has 0 bridgehead atoms. The van der Waals surface area contributed by atoms with Gasteiger partial charge in [0.15, 0.2) is 0 Å². The van der Waals surface area contributed by atoms with Crippen molar-refractivity contribution < 1.29 is 13.2 Å². The standard InChI is InChI=1S/C23H22N4O3S/c1-16-7-8-21-19(13-16)14-20(17(2)25-21)23(28)26-9-11-27(12-10-26)31(29,30)22-6-4-3-5-18(22)15-24/h3-8,13-14H,9-12H2,1-2H3. The molecule has 31 heavy (non-hydrogen) atoms. The van der Waals surface area contributed by atoms with Crippen molar-refractivity contribution in [3.63, 3.8) is 0 Å². The number of sulfonamides is 1. The number of carbonyl (C=O) groups is 1. The van der Waals surface area contributed by atoms with Gasteiger partial charge in [0.2, 0.25) is 10.0 Å². The van der Waals surface area contributed by atoms with E-state index in [1.54, 1.807) is 17.0 Å². The highest BCUT2D eigenvalue weighted by atomic mass is 32.2. The maximum absolute atomic E-state index is 13.2. The van der Waals surface area contributed by atoms with E-state index >= 15 is 0 Å². The first-order chi connectivity index (χ1) is 14.8. The fourth-order valence-electron chi connectivity index (χ4n) is 3.83. The normalized spacial score (nSPS) is 15.1. The van der Waals surface area contributed by atoms with E-state index in [0.717, 1.165) is 16.5 Å². The minimum Gasteiger partial charge on any atom is -0.336 e. The minimum atomic E-state index is -3.80. The first-order valence-corrected chi connectivity index (χ1v) is 11.4. The molecule has 0 atom stereocenters. The van der Waals surface area contributed by atoms with Crippen molar-refractivity contribution >= 4 is 26.8 Å². The third-order valence-electron chi connectivity index (χ3n) is 5.54. The largest absolute Gasteiger partial charge is 0.336 e. The van der Waals surface area contributed by atoms with Gasteiger partial charge >= 0.3 is 0 Å². The molecule has 1 fully saturated rings. The molecule has 0 saturated carbocycles. The lowest BCUT2D eigenvalue weighted by Gasteiger charge is -2.34. The molecule has 1 amide bonds. The summed E-state index contributed by atoms with van der Waals surface area (Å²) < 4.78 is 27.3. The molecular formula is C23H22N4O3S. The Balaban J connectivity index is 1.54. The second-order valence-electron chi connectivity index (χ2n) is 7.62. The molecule has 0 unspecified atom stereocenters. The number of hydrogen-bond acceptors (Lipinski definition) is 5. The number of nitriles is 1. The van der Waals surface area contributed by atoms with Crippen LogP contribution in [0.4, 0.5) is 0 Å². The zero-order valence-corrected chi connectivity index (χ0v) is 18.2. The summed E-state index contributed by atoms with van der Waals surface area (Å²) in [5, 5.41) is 10.2. The molecule has 7 nitrogen and oxygen atoms in total. The van der Waals surface area contributed by atoms with Crippen LogP contribution in [0.1, 0.15) is 27.2 Å². The quantitative estimate of drug-likeness (QED) is 0.632. The number of nitrogens with zero attached hydrogens (tertiary/aromatic N) is 4. The molecule has 1 saturated heterocycles. The predicted octanol–water partition coefficient (Wildman–Crippen LogP) is 2.87. The van der Waals surface area contributed by atoms with Crippen LogP contribution in [0.25, 0.3) is 10.9 Å². The Morgan fingerprint density at radius 3 is 2.45 bits per heavy atom. The van der Waals surface area contributed by atoms with Crippen LogP contribution in [-0.2, 0) is 10.0 Å². The molecule has 158 valence electrons. The van der Waals surface area contributed by atoms with Crippen molar-refractivity contribution in [3.05, 3.63) is 70.9 Å². The van der Waals surface area contributed by atoms with E-state index in [1.165, 1.54) is 16.4 Å². The molecule has 2 aromatic carbocycles. The SMILES string of the molecule is Cc1ccc2nc(C)c(C(=O)N3CCN(S(=O)(=O)c4ccccc4C#N)CC3)cc2c1. The van der Waals surface area contributed by atoms with E-state index in [4.69, 9.17) is 0 Å². The molecule has 1 aliphatic heterocycles. The molecule has 2 heterocycles. The van der Waals surface area contributed by atoms with Gasteiger partial charge in [-0.05, 0) is 44.2 Å². The van der Waals surface area contributed by atoms with Crippen LogP contribution in [0.3, 0.4) is 0 Å². The number of rotatable bonds is 3. The average Bonchev–Trinajstić information content (AvgIpc) is 2.78. The number of carbonyl (C=O) groups excluding carboxylic acids is 1. The second kappa shape index (κ2) is 8.10. The first-order valence-electron chi connectivity index (χ1n) is 9.98. The summed E-state index contributed by atoms with van der Waals surface area (Å²) in [4.78, 5) is 19.4. The Labute approximate surface area is 181 Å². The van der Waals surface area contributed by atoms with Crippen LogP contribution in [0.5, 0.6) is 0 Å². The van der Waals surface area contributed by atoms with E-state index in [9.17, 15) is 18.5 Å². The Kier molecular flexibility index (Phi) is 5.48. The van der Waals surface area contributed by atoms with Gasteiger partial charge in [0.25, 0.3) is 5.91 Å². The Hall–Kier alpha value is -3.28. The highest BCUT2D eigenvalue weighted by Crippen LogP contribution is 2.23. The maximum atomic E-state index is 13.2. The number of amides is 1. The number of hydrogen-bond donors (Lipinski definition) is 0. The van der Waals surface area contributed by atoms with E-state index < -0.39 is 10.0 Å². The summed E-state index contributed by atoms with van der Waals surface area (Å²) >= 11 is 0. The van der Waals surface area contributed by atoms with Crippen molar-refractivity contribution in [2.45, 2.75) is 18.7 Å². The zero-order chi connectivity index (χ0) is 22.2. The van der Waals surface area contributed by atoms with Crippen LogP contribution in [-0.4, -0.2) is 54.7 Å². The smallest absolute Gasteiger partial charge is 0.255 e. The van der Waals surface area contributed by atoms with Gasteiger partial charge < -0.3 is 4.90 Å². The van der Waals surface area contributed by atoms with Gasteiger partial charge in [-0.2, -0.15) is 9.57 Å². The van der Waals surface area contributed by atoms with Gasteiger partial charge in [0.1, 0.15) is 6.07 Å². The zero-order valence-electron chi connectivity index (χ0n) is 17.4. The molecule has 0 spiro atoms. The molecule has 1 aliphatic rings. The van der Waals surface area contributed by atoms with Crippen LogP contribution in [0.2, 0.25) is 0 Å². The predicted molar refractivity (Wildman–Crippen MR) is 117 cm³/mol. The third kappa shape index (κ3) is 3.90. The lowest BCUT2D eigenvalue weighted by molar-refractivity contribution is 0.0697. The van der Waals surface area contributed by atoms with Crippen molar-refractivity contribution in [2.24, 2.45) is 0 Å². The van der Waals surface area contributed by atoms with Gasteiger partial charge in [-0.3, -0.25) is 9.78 Å². The van der Waals surface area contributed by atoms with Gasteiger partial charge in [0, 0.05) is 31.6 Å². The molecule has 8 heteroatoms. The van der Waals surface area contributed by atoms with Gasteiger partial charge in [-0.25, -0.2) is 8.42 Å². The van der Waals surface area contributed by atoms with Crippen LogP contribution in [0.15, 0.2) is 53.4 Å². The topological polar surface area (TPSA) is 94.4 Å². The van der Waals surface area contributed by atoms with Crippen molar-refractivity contribution in [3.8, 4) is 6.07 Å². The highest BCUT2D eigenvalue weighted by Gasteiger charge is 2.32. The summed E-state index contributed by atoms with van der Waals surface area (Å²) in [5.41, 5.74) is 3.23. The molecule has 0 radical (unpaired) electrons. The van der Waals surface area contributed by atoms with Crippen LogP contribution in [0, 0.1) is 25.2 Å². The lowest BCUT2D eigenvalue weighted by atomic mass is 10.1. The van der Waals surface area contributed by atoms with Crippen molar-refractivity contribution in [2.75, 3.05) is 26.2 Å². The number of benzene rings is 2. The number of pyridine rings is 1. The molecular weight excluding hydrogens is 412 g/mol. The average molecular weight is 435 g/mol. The fourth-order valence-corrected chi connectivity index (χ4v) is 5.40. The summed E-state index contributed by atoms with van der Waals surface area (Å²) in [5.74, 6) is -0.150. The number of fused-ring (bicyclic) bond motifs is 1. The lowest BCUT2D eigenvalue weighted by Crippen LogP contribution is -2.50. The monoisotopic (exact) mass is 434 g/mol. The van der Waals surface area contributed by atoms with Crippen molar-refractivity contribution in [1.29, 1.82) is 5.26 Å². The van der Waals surface area contributed by atoms with Crippen LogP contribution >= 0.6 is 0 Å². The second-order valence-corrected chi connectivity index (χ2v) is 9.53. The summed E-state index contributed by atoms with van der Waals surface area (Å²) in [6.45, 7) is 4.70. The molecule has 0 aliphatic carbocycles. The van der Waals surface area contributed by atoms with E-state index in [-0.39, 0.29) is 42.5 Å². The number of aryl methyl sites for hydroxylation is 2. The Morgan fingerprint density at radius 2 is 1.74 bits per heavy atom. The fraction of sp³-hybridized carbons (Fsp3) is 0.261. The van der Waals surface area contributed by atoms with E-state index in [1.807, 2.05) is 44.2 Å².